The molecule has 138 valence electrons. The van der Waals surface area contributed by atoms with Crippen LogP contribution >= 0.6 is 0 Å². The Kier molecular flexibility index (Phi) is 7.27. The topological polar surface area (TPSA) is 47.6 Å². The van der Waals surface area contributed by atoms with Crippen LogP contribution in [0.2, 0.25) is 0 Å². The van der Waals surface area contributed by atoms with Crippen LogP contribution in [0.4, 0.5) is 0 Å². The van der Waals surface area contributed by atoms with E-state index in [2.05, 4.69) is 50.8 Å². The highest BCUT2D eigenvalue weighted by Crippen LogP contribution is 2.11. The van der Waals surface area contributed by atoms with Crippen molar-refractivity contribution in [2.75, 3.05) is 52.4 Å². The van der Waals surface area contributed by atoms with Crippen LogP contribution in [0.15, 0.2) is 30.3 Å². The fourth-order valence-corrected chi connectivity index (χ4v) is 3.76. The van der Waals surface area contributed by atoms with Gasteiger partial charge in [-0.3, -0.25) is 9.69 Å². The van der Waals surface area contributed by atoms with Crippen LogP contribution in [0.25, 0.3) is 0 Å². The summed E-state index contributed by atoms with van der Waals surface area (Å²) < 4.78 is 0. The van der Waals surface area contributed by atoms with Crippen LogP contribution in [-0.2, 0) is 11.3 Å². The lowest BCUT2D eigenvalue weighted by atomic mass is 9.97. The molecule has 2 aliphatic rings. The molecule has 0 radical (unpaired) electrons. The lowest BCUT2D eigenvalue weighted by molar-refractivity contribution is -0.125. The Hall–Kier alpha value is -1.43. The van der Waals surface area contributed by atoms with Crippen LogP contribution in [0.1, 0.15) is 24.8 Å². The summed E-state index contributed by atoms with van der Waals surface area (Å²) in [5.74, 6) is 0.483. The largest absolute Gasteiger partial charge is 0.356 e. The number of nitrogens with zero attached hydrogens (tertiary/aromatic N) is 2. The van der Waals surface area contributed by atoms with Crippen molar-refractivity contribution in [3.05, 3.63) is 35.9 Å². The summed E-state index contributed by atoms with van der Waals surface area (Å²) >= 11 is 0. The number of carbonyl (C=O) groups is 1. The van der Waals surface area contributed by atoms with Crippen molar-refractivity contribution in [3.8, 4) is 0 Å². The molecule has 5 nitrogen and oxygen atoms in total. The molecule has 2 fully saturated rings. The molecule has 0 bridgehead atoms. The Balaban J connectivity index is 1.26. The van der Waals surface area contributed by atoms with Gasteiger partial charge in [0.15, 0.2) is 0 Å². The van der Waals surface area contributed by atoms with E-state index in [4.69, 9.17) is 0 Å². The zero-order valence-corrected chi connectivity index (χ0v) is 15.3. The van der Waals surface area contributed by atoms with Crippen molar-refractivity contribution in [3.63, 3.8) is 0 Å². The maximum atomic E-state index is 12.1. The molecule has 1 aromatic carbocycles. The molecule has 25 heavy (non-hydrogen) atoms. The smallest absolute Gasteiger partial charge is 0.223 e. The van der Waals surface area contributed by atoms with Crippen molar-refractivity contribution < 1.29 is 4.79 Å². The zero-order chi connectivity index (χ0) is 17.3. The molecule has 1 aromatic rings. The number of hydrogen-bond acceptors (Lipinski definition) is 4. The number of piperazine rings is 1. The molecule has 1 amide bonds. The van der Waals surface area contributed by atoms with Gasteiger partial charge in [0.2, 0.25) is 5.91 Å². The second kappa shape index (κ2) is 9.90. The van der Waals surface area contributed by atoms with Gasteiger partial charge < -0.3 is 15.5 Å². The summed E-state index contributed by atoms with van der Waals surface area (Å²) in [6, 6.07) is 10.7. The maximum Gasteiger partial charge on any atom is 0.223 e. The lowest BCUT2D eigenvalue weighted by Gasteiger charge is -2.34. The fraction of sp³-hybridized carbons (Fsp3) is 0.650. The quantitative estimate of drug-likeness (QED) is 0.732. The summed E-state index contributed by atoms with van der Waals surface area (Å²) in [6.45, 7) is 9.45. The molecule has 2 N–H and O–H groups in total. The second-order valence-corrected chi connectivity index (χ2v) is 7.27. The first-order valence-corrected chi connectivity index (χ1v) is 9.78. The van der Waals surface area contributed by atoms with Crippen LogP contribution in [0.5, 0.6) is 0 Å². The third-order valence-corrected chi connectivity index (χ3v) is 5.37. The van der Waals surface area contributed by atoms with Crippen LogP contribution in [0.3, 0.4) is 0 Å². The van der Waals surface area contributed by atoms with E-state index >= 15 is 0 Å². The van der Waals surface area contributed by atoms with E-state index < -0.39 is 0 Å². The number of rotatable bonds is 7. The Morgan fingerprint density at radius 1 is 1.04 bits per heavy atom. The molecule has 0 aliphatic carbocycles. The summed E-state index contributed by atoms with van der Waals surface area (Å²) in [7, 11) is 0. The third-order valence-electron chi connectivity index (χ3n) is 5.37. The Bertz CT molecular complexity index is 508. The molecule has 3 rings (SSSR count). The molecule has 0 aromatic heterocycles. The first-order chi connectivity index (χ1) is 12.3. The summed E-state index contributed by atoms with van der Waals surface area (Å²) in [6.07, 6.45) is 3.01. The number of benzene rings is 1. The average Bonchev–Trinajstić information content (AvgIpc) is 2.68. The van der Waals surface area contributed by atoms with E-state index in [1.54, 1.807) is 0 Å². The van der Waals surface area contributed by atoms with Crippen LogP contribution < -0.4 is 10.6 Å². The second-order valence-electron chi connectivity index (χ2n) is 7.27. The van der Waals surface area contributed by atoms with Crippen molar-refractivity contribution in [1.29, 1.82) is 0 Å². The third kappa shape index (κ3) is 6.10. The number of hydrogen-bond donors (Lipinski definition) is 2. The first-order valence-electron chi connectivity index (χ1n) is 9.78. The molecule has 2 saturated heterocycles. The van der Waals surface area contributed by atoms with E-state index in [1.165, 1.54) is 5.56 Å². The van der Waals surface area contributed by atoms with Gasteiger partial charge in [-0.05, 0) is 44.5 Å². The molecule has 2 heterocycles. The predicted molar refractivity (Wildman–Crippen MR) is 101 cm³/mol. The Labute approximate surface area is 151 Å². The van der Waals surface area contributed by atoms with Gasteiger partial charge in [0.1, 0.15) is 0 Å². The molecule has 0 spiro atoms. The minimum Gasteiger partial charge on any atom is -0.356 e. The summed E-state index contributed by atoms with van der Waals surface area (Å²) in [4.78, 5) is 17.2. The SMILES string of the molecule is O=C(NCCCN1CCN(Cc2ccccc2)CC1)C1CCNCC1. The molecular weight excluding hydrogens is 312 g/mol. The van der Waals surface area contributed by atoms with Crippen molar-refractivity contribution in [2.45, 2.75) is 25.8 Å². The molecule has 0 unspecified atom stereocenters. The van der Waals surface area contributed by atoms with Gasteiger partial charge in [-0.25, -0.2) is 0 Å². The van der Waals surface area contributed by atoms with Gasteiger partial charge in [-0.15, -0.1) is 0 Å². The number of amides is 1. The first kappa shape index (κ1) is 18.4. The molecular formula is C20H32N4O. The fourth-order valence-electron chi connectivity index (χ4n) is 3.76. The molecule has 2 aliphatic heterocycles. The van der Waals surface area contributed by atoms with Crippen molar-refractivity contribution in [2.24, 2.45) is 5.92 Å². The van der Waals surface area contributed by atoms with Gasteiger partial charge in [0.05, 0.1) is 0 Å². The monoisotopic (exact) mass is 344 g/mol. The highest BCUT2D eigenvalue weighted by Gasteiger charge is 2.20. The number of piperidine rings is 1. The lowest BCUT2D eigenvalue weighted by Crippen LogP contribution is -2.46. The Morgan fingerprint density at radius 2 is 1.72 bits per heavy atom. The van der Waals surface area contributed by atoms with Gasteiger partial charge in [0, 0.05) is 45.2 Å². The summed E-state index contributed by atoms with van der Waals surface area (Å²) in [5, 5.41) is 6.44. The standard InChI is InChI=1S/C20H32N4O/c25-20(19-7-10-21-11-8-19)22-9-4-12-23-13-15-24(16-14-23)17-18-5-2-1-3-6-18/h1-3,5-6,19,21H,4,7-17H2,(H,22,25). The number of nitrogens with one attached hydrogen (secondary N) is 2. The van der Waals surface area contributed by atoms with E-state index in [0.717, 1.165) is 78.2 Å². The predicted octanol–water partition coefficient (Wildman–Crippen LogP) is 1.31. The van der Waals surface area contributed by atoms with Gasteiger partial charge in [-0.1, -0.05) is 30.3 Å². The normalized spacial score (nSPS) is 20.5. The molecule has 5 heteroatoms. The van der Waals surface area contributed by atoms with E-state index in [-0.39, 0.29) is 11.8 Å². The minimum atomic E-state index is 0.225. The highest BCUT2D eigenvalue weighted by atomic mass is 16.1. The van der Waals surface area contributed by atoms with Gasteiger partial charge >= 0.3 is 0 Å². The van der Waals surface area contributed by atoms with Crippen molar-refractivity contribution >= 4 is 5.91 Å². The van der Waals surface area contributed by atoms with E-state index in [9.17, 15) is 4.79 Å². The van der Waals surface area contributed by atoms with Gasteiger partial charge in [-0.2, -0.15) is 0 Å². The van der Waals surface area contributed by atoms with Gasteiger partial charge in [0.25, 0.3) is 0 Å². The average molecular weight is 345 g/mol. The maximum absolute atomic E-state index is 12.1. The van der Waals surface area contributed by atoms with Crippen LogP contribution in [-0.4, -0.2) is 68.1 Å². The van der Waals surface area contributed by atoms with Crippen LogP contribution in [0, 0.1) is 5.92 Å². The van der Waals surface area contributed by atoms with E-state index in [0.29, 0.717) is 0 Å². The highest BCUT2D eigenvalue weighted by molar-refractivity contribution is 5.78. The molecule has 0 atom stereocenters. The summed E-state index contributed by atoms with van der Waals surface area (Å²) in [5.41, 5.74) is 1.40. The minimum absolute atomic E-state index is 0.225. The van der Waals surface area contributed by atoms with Crippen molar-refractivity contribution in [1.82, 2.24) is 20.4 Å². The molecule has 0 saturated carbocycles. The van der Waals surface area contributed by atoms with E-state index in [1.807, 2.05) is 0 Å². The number of carbonyl (C=O) groups excluding carboxylic acids is 1. The Morgan fingerprint density at radius 3 is 2.44 bits per heavy atom. The zero-order valence-electron chi connectivity index (χ0n) is 15.3.